The Morgan fingerprint density at radius 1 is 1.10 bits per heavy atom. The lowest BCUT2D eigenvalue weighted by atomic mass is 9.79. The number of nitrogens with zero attached hydrogens (tertiary/aromatic N) is 1. The third-order valence-electron chi connectivity index (χ3n) is 7.54. The molecule has 3 atom stereocenters. The molecule has 3 heterocycles. The Morgan fingerprint density at radius 3 is 2.44 bits per heavy atom. The molecule has 5 rings (SSSR count). The smallest absolute Gasteiger partial charge is 0.312 e. The minimum Gasteiger partial charge on any atom is -0.493 e. The summed E-state index contributed by atoms with van der Waals surface area (Å²) in [4.78, 5) is 42.3. The van der Waals surface area contributed by atoms with Crippen molar-refractivity contribution in [3.8, 4) is 17.2 Å². The van der Waals surface area contributed by atoms with Gasteiger partial charge in [-0.15, -0.1) is 11.8 Å². The monoisotopic (exact) mass is 581 g/mol. The van der Waals surface area contributed by atoms with Crippen molar-refractivity contribution in [2.24, 2.45) is 5.92 Å². The molecule has 41 heavy (non-hydrogen) atoms. The molecule has 11 heteroatoms. The van der Waals surface area contributed by atoms with Gasteiger partial charge in [-0.25, -0.2) is 0 Å². The Kier molecular flexibility index (Phi) is 7.69. The van der Waals surface area contributed by atoms with Crippen molar-refractivity contribution in [2.45, 2.75) is 44.4 Å². The number of carbonyl (C=O) groups excluding carboxylic acids is 3. The first-order valence-corrected chi connectivity index (χ1v) is 14.5. The number of anilines is 2. The lowest BCUT2D eigenvalue weighted by molar-refractivity contribution is -0.165. The summed E-state index contributed by atoms with van der Waals surface area (Å²) in [6.07, 6.45) is 3.57. The highest BCUT2D eigenvalue weighted by Gasteiger charge is 2.66. The first-order chi connectivity index (χ1) is 19.5. The zero-order valence-corrected chi connectivity index (χ0v) is 24.8. The lowest BCUT2D eigenvalue weighted by Crippen LogP contribution is -2.53. The number of hydrogen-bond acceptors (Lipinski definition) is 9. The molecule has 0 radical (unpaired) electrons. The third-order valence-corrected chi connectivity index (χ3v) is 8.63. The second-order valence-electron chi connectivity index (χ2n) is 11.2. The van der Waals surface area contributed by atoms with Gasteiger partial charge in [0.25, 0.3) is 5.91 Å². The highest BCUT2D eigenvalue weighted by Crippen LogP contribution is 2.56. The predicted molar refractivity (Wildman–Crippen MR) is 157 cm³/mol. The van der Waals surface area contributed by atoms with E-state index in [1.807, 2.05) is 20.8 Å². The van der Waals surface area contributed by atoms with Crippen LogP contribution in [-0.2, 0) is 24.7 Å². The minimum atomic E-state index is -1.20. The topological polar surface area (TPSA) is 115 Å². The average Bonchev–Trinajstić information content (AvgIpc) is 3.59. The van der Waals surface area contributed by atoms with Gasteiger partial charge >= 0.3 is 5.97 Å². The zero-order valence-electron chi connectivity index (χ0n) is 24.0. The van der Waals surface area contributed by atoms with Crippen molar-refractivity contribution in [3.05, 3.63) is 47.5 Å². The maximum Gasteiger partial charge on any atom is 0.312 e. The molecule has 1 spiro atoms. The van der Waals surface area contributed by atoms with Crippen LogP contribution in [0.4, 0.5) is 11.4 Å². The van der Waals surface area contributed by atoms with Crippen LogP contribution in [-0.4, -0.2) is 67.3 Å². The van der Waals surface area contributed by atoms with Gasteiger partial charge in [0.15, 0.2) is 11.5 Å². The number of thioether (sulfide) groups is 1. The van der Waals surface area contributed by atoms with E-state index in [0.29, 0.717) is 52.0 Å². The van der Waals surface area contributed by atoms with Crippen LogP contribution < -0.4 is 24.8 Å². The van der Waals surface area contributed by atoms with Crippen molar-refractivity contribution in [3.63, 3.8) is 0 Å². The Morgan fingerprint density at radius 2 is 1.80 bits per heavy atom. The summed E-state index contributed by atoms with van der Waals surface area (Å²) < 4.78 is 21.9. The number of amides is 2. The molecule has 0 bridgehead atoms. The summed E-state index contributed by atoms with van der Waals surface area (Å²) in [5.41, 5.74) is 0.622. The van der Waals surface area contributed by atoms with Crippen molar-refractivity contribution in [1.82, 2.24) is 4.90 Å². The molecule has 3 unspecified atom stereocenters. The largest absolute Gasteiger partial charge is 0.493 e. The lowest BCUT2D eigenvalue weighted by Gasteiger charge is -2.36. The summed E-state index contributed by atoms with van der Waals surface area (Å²) in [5.74, 6) is 1.22. The highest BCUT2D eigenvalue weighted by molar-refractivity contribution is 7.99. The van der Waals surface area contributed by atoms with E-state index in [2.05, 4.69) is 15.5 Å². The highest BCUT2D eigenvalue weighted by atomic mass is 32.2. The van der Waals surface area contributed by atoms with E-state index in [4.69, 9.17) is 18.9 Å². The van der Waals surface area contributed by atoms with Crippen LogP contribution in [0.1, 0.15) is 38.3 Å². The number of nitrogens with one attached hydrogen (secondary N) is 2. The van der Waals surface area contributed by atoms with Crippen LogP contribution in [0.3, 0.4) is 0 Å². The Bertz CT molecular complexity index is 1390. The summed E-state index contributed by atoms with van der Waals surface area (Å²) in [6.45, 7) is 5.47. The van der Waals surface area contributed by atoms with Gasteiger partial charge in [-0.1, -0.05) is 0 Å². The van der Waals surface area contributed by atoms with Crippen molar-refractivity contribution < 1.29 is 33.3 Å². The van der Waals surface area contributed by atoms with Crippen molar-refractivity contribution in [1.29, 1.82) is 0 Å². The molecule has 218 valence electrons. The molecule has 10 nitrogen and oxygen atoms in total. The fraction of sp³-hybridized carbons (Fsp3) is 0.433. The molecule has 0 aliphatic carbocycles. The first-order valence-electron chi connectivity index (χ1n) is 13.3. The molecular weight excluding hydrogens is 546 g/mol. The van der Waals surface area contributed by atoms with E-state index < -0.39 is 17.1 Å². The fourth-order valence-electron chi connectivity index (χ4n) is 5.92. The van der Waals surface area contributed by atoms with E-state index in [9.17, 15) is 14.4 Å². The maximum absolute atomic E-state index is 13.7. The maximum atomic E-state index is 13.7. The Hall–Kier alpha value is -3.70. The zero-order chi connectivity index (χ0) is 29.5. The number of benzene rings is 2. The standard InChI is InChI=1S/C30H35N3O7S/c1-29(2,3)40-27(35)21-14-19-15-41-16-33(19)30(21)20-13-18(8-9-22(20)32-28(30)36)31-25(34)10-7-17-11-23(37-4)26(39-6)24(12-17)38-5/h7-13,19,21H,14-16H2,1-6H3,(H,31,34)(H,32,36)/b10-7+. The van der Waals surface area contributed by atoms with Crippen LogP contribution in [0.15, 0.2) is 36.4 Å². The number of methoxy groups -OCH3 is 3. The first kappa shape index (κ1) is 28.8. The molecule has 2 fully saturated rings. The SMILES string of the molecule is COc1cc(/C=C/C(=O)Nc2ccc3c(c2)C2(C(=O)N3)C(C(=O)OC(C)(C)C)CC3CSCN32)cc(OC)c1OC. The number of esters is 1. The Labute approximate surface area is 243 Å². The average molecular weight is 582 g/mol. The number of fused-ring (bicyclic) bond motifs is 4. The van der Waals surface area contributed by atoms with Crippen LogP contribution >= 0.6 is 11.8 Å². The number of carbonyl (C=O) groups is 3. The molecule has 0 aromatic heterocycles. The molecule has 2 amide bonds. The van der Waals surface area contributed by atoms with Gasteiger partial charge in [0, 0.05) is 40.7 Å². The molecule has 2 saturated heterocycles. The molecule has 2 aromatic rings. The van der Waals surface area contributed by atoms with Gasteiger partial charge < -0.3 is 29.6 Å². The van der Waals surface area contributed by atoms with Crippen LogP contribution in [0.5, 0.6) is 17.2 Å². The van der Waals surface area contributed by atoms with Crippen LogP contribution in [0, 0.1) is 5.92 Å². The summed E-state index contributed by atoms with van der Waals surface area (Å²) in [6, 6.07) is 8.85. The Balaban J connectivity index is 1.43. The van der Waals surface area contributed by atoms with Gasteiger partial charge in [-0.2, -0.15) is 0 Å². The quantitative estimate of drug-likeness (QED) is 0.366. The summed E-state index contributed by atoms with van der Waals surface area (Å²) in [5, 5.41) is 5.88. The molecule has 3 aliphatic rings. The van der Waals surface area contributed by atoms with E-state index in [1.54, 1.807) is 48.2 Å². The molecular formula is C30H35N3O7S. The normalized spacial score (nSPS) is 23.3. The summed E-state index contributed by atoms with van der Waals surface area (Å²) >= 11 is 1.75. The molecule has 0 saturated carbocycles. The van der Waals surface area contributed by atoms with Gasteiger partial charge in [-0.05, 0) is 69.2 Å². The molecule has 2 N–H and O–H groups in total. The molecule has 3 aliphatic heterocycles. The van der Waals surface area contributed by atoms with E-state index in [-0.39, 0.29) is 23.8 Å². The van der Waals surface area contributed by atoms with Crippen molar-refractivity contribution >= 4 is 47.0 Å². The number of hydrogen-bond donors (Lipinski definition) is 2. The van der Waals surface area contributed by atoms with Gasteiger partial charge in [0.2, 0.25) is 11.7 Å². The van der Waals surface area contributed by atoms with Gasteiger partial charge in [0.05, 0.1) is 27.2 Å². The van der Waals surface area contributed by atoms with Crippen LogP contribution in [0.2, 0.25) is 0 Å². The molecule has 2 aromatic carbocycles. The minimum absolute atomic E-state index is 0.0777. The van der Waals surface area contributed by atoms with E-state index >= 15 is 0 Å². The van der Waals surface area contributed by atoms with Crippen molar-refractivity contribution in [2.75, 3.05) is 43.6 Å². The summed E-state index contributed by atoms with van der Waals surface area (Å²) in [7, 11) is 4.58. The second kappa shape index (κ2) is 10.9. The number of rotatable bonds is 7. The third kappa shape index (κ3) is 5.12. The van der Waals surface area contributed by atoms with Crippen LogP contribution in [0.25, 0.3) is 6.08 Å². The van der Waals surface area contributed by atoms with Gasteiger partial charge in [0.1, 0.15) is 11.1 Å². The van der Waals surface area contributed by atoms with E-state index in [0.717, 1.165) is 5.75 Å². The predicted octanol–water partition coefficient (Wildman–Crippen LogP) is 4.25. The number of ether oxygens (including phenoxy) is 4. The van der Waals surface area contributed by atoms with Gasteiger partial charge in [-0.3, -0.25) is 19.3 Å². The fourth-order valence-corrected chi connectivity index (χ4v) is 7.23. The second-order valence-corrected chi connectivity index (χ2v) is 12.2. The van der Waals surface area contributed by atoms with E-state index in [1.165, 1.54) is 27.4 Å².